The Morgan fingerprint density at radius 1 is 1.53 bits per heavy atom. The lowest BCUT2D eigenvalue weighted by atomic mass is 10.1. The van der Waals surface area contributed by atoms with Gasteiger partial charge >= 0.3 is 5.97 Å². The number of methoxy groups -OCH3 is 1. The van der Waals surface area contributed by atoms with Crippen molar-refractivity contribution in [2.45, 2.75) is 19.3 Å². The van der Waals surface area contributed by atoms with E-state index in [2.05, 4.69) is 27.3 Å². The highest BCUT2D eigenvalue weighted by atomic mass is 127. The Kier molecular flexibility index (Phi) is 4.87. The van der Waals surface area contributed by atoms with E-state index < -0.39 is 0 Å². The quantitative estimate of drug-likeness (QED) is 0.685. The van der Waals surface area contributed by atoms with Crippen molar-refractivity contribution in [2.75, 3.05) is 7.11 Å². The van der Waals surface area contributed by atoms with E-state index in [0.29, 0.717) is 12.2 Å². The standard InChI is InChI=1S/C11H13IO3/c1-15-11(14)4-2-3-8-5-6-10(13)9(12)7-8/h5-7,13H,2-4H2,1H3. The Hall–Kier alpha value is -0.780. The molecular formula is C11H13IO3. The summed E-state index contributed by atoms with van der Waals surface area (Å²) >= 11 is 2.08. The summed E-state index contributed by atoms with van der Waals surface area (Å²) in [5.74, 6) is 0.121. The van der Waals surface area contributed by atoms with Gasteiger partial charge in [-0.25, -0.2) is 0 Å². The molecule has 82 valence electrons. The molecule has 0 radical (unpaired) electrons. The van der Waals surface area contributed by atoms with Crippen molar-refractivity contribution < 1.29 is 14.6 Å². The van der Waals surface area contributed by atoms with Gasteiger partial charge in [-0.05, 0) is 53.1 Å². The number of hydrogen-bond acceptors (Lipinski definition) is 3. The molecule has 1 aromatic rings. The molecule has 0 spiro atoms. The van der Waals surface area contributed by atoms with Crippen LogP contribution >= 0.6 is 22.6 Å². The molecule has 0 aliphatic heterocycles. The third-order valence-corrected chi connectivity index (χ3v) is 2.95. The largest absolute Gasteiger partial charge is 0.507 e. The molecule has 0 aromatic heterocycles. The van der Waals surface area contributed by atoms with E-state index in [4.69, 9.17) is 0 Å². The van der Waals surface area contributed by atoms with Crippen LogP contribution in [0.3, 0.4) is 0 Å². The van der Waals surface area contributed by atoms with Crippen LogP contribution in [0, 0.1) is 3.57 Å². The van der Waals surface area contributed by atoms with Crippen LogP contribution in [0.4, 0.5) is 0 Å². The second-order valence-electron chi connectivity index (χ2n) is 3.22. The first-order chi connectivity index (χ1) is 7.13. The van der Waals surface area contributed by atoms with Crippen molar-refractivity contribution in [3.8, 4) is 5.75 Å². The average molecular weight is 320 g/mol. The third-order valence-electron chi connectivity index (χ3n) is 2.09. The van der Waals surface area contributed by atoms with Crippen LogP contribution in [-0.2, 0) is 16.0 Å². The number of carbonyl (C=O) groups excluding carboxylic acids is 1. The predicted molar refractivity (Wildman–Crippen MR) is 65.8 cm³/mol. The maximum atomic E-state index is 10.9. The van der Waals surface area contributed by atoms with Gasteiger partial charge in [-0.2, -0.15) is 0 Å². The monoisotopic (exact) mass is 320 g/mol. The molecule has 0 unspecified atom stereocenters. The molecule has 15 heavy (non-hydrogen) atoms. The Labute approximate surface area is 103 Å². The second-order valence-corrected chi connectivity index (χ2v) is 4.38. The molecule has 1 aromatic carbocycles. The highest BCUT2D eigenvalue weighted by Gasteiger charge is 2.02. The molecule has 0 saturated heterocycles. The zero-order chi connectivity index (χ0) is 11.3. The van der Waals surface area contributed by atoms with Crippen LogP contribution in [-0.4, -0.2) is 18.2 Å². The number of benzene rings is 1. The van der Waals surface area contributed by atoms with Gasteiger partial charge in [0.25, 0.3) is 0 Å². The van der Waals surface area contributed by atoms with Crippen molar-refractivity contribution in [1.29, 1.82) is 0 Å². The van der Waals surface area contributed by atoms with Crippen molar-refractivity contribution in [3.05, 3.63) is 27.3 Å². The van der Waals surface area contributed by atoms with Gasteiger partial charge in [0, 0.05) is 6.42 Å². The normalized spacial score (nSPS) is 10.0. The molecule has 4 heteroatoms. The van der Waals surface area contributed by atoms with Gasteiger partial charge in [0.05, 0.1) is 10.7 Å². The number of carbonyl (C=O) groups is 1. The third kappa shape index (κ3) is 4.07. The zero-order valence-corrected chi connectivity index (χ0v) is 10.7. The fraction of sp³-hybridized carbons (Fsp3) is 0.364. The first kappa shape index (κ1) is 12.3. The number of ether oxygens (including phenoxy) is 1. The van der Waals surface area contributed by atoms with Crippen LogP contribution < -0.4 is 0 Å². The lowest BCUT2D eigenvalue weighted by molar-refractivity contribution is -0.140. The molecule has 3 nitrogen and oxygen atoms in total. The molecule has 0 heterocycles. The molecule has 0 bridgehead atoms. The van der Waals surface area contributed by atoms with Crippen molar-refractivity contribution in [1.82, 2.24) is 0 Å². The fourth-order valence-corrected chi connectivity index (χ4v) is 1.82. The first-order valence-electron chi connectivity index (χ1n) is 4.67. The van der Waals surface area contributed by atoms with Gasteiger partial charge in [0.2, 0.25) is 0 Å². The number of esters is 1. The molecule has 1 rings (SSSR count). The molecule has 0 saturated carbocycles. The SMILES string of the molecule is COC(=O)CCCc1ccc(O)c(I)c1. The Balaban J connectivity index is 2.44. The van der Waals surface area contributed by atoms with Gasteiger partial charge in [-0.15, -0.1) is 0 Å². The lowest BCUT2D eigenvalue weighted by Gasteiger charge is -2.03. The second kappa shape index (κ2) is 5.95. The van der Waals surface area contributed by atoms with E-state index in [1.807, 2.05) is 12.1 Å². The summed E-state index contributed by atoms with van der Waals surface area (Å²) in [5.41, 5.74) is 1.13. The number of halogens is 1. The van der Waals surface area contributed by atoms with E-state index in [1.54, 1.807) is 6.07 Å². The van der Waals surface area contributed by atoms with Crippen LogP contribution in [0.1, 0.15) is 18.4 Å². The summed E-state index contributed by atoms with van der Waals surface area (Å²) in [6.45, 7) is 0. The molecule has 0 fully saturated rings. The number of aryl methyl sites for hydroxylation is 1. The minimum Gasteiger partial charge on any atom is -0.507 e. The number of phenolic OH excluding ortho intramolecular Hbond substituents is 1. The number of aromatic hydroxyl groups is 1. The van der Waals surface area contributed by atoms with Gasteiger partial charge in [-0.3, -0.25) is 4.79 Å². The Morgan fingerprint density at radius 3 is 2.87 bits per heavy atom. The Bertz CT molecular complexity index is 350. The smallest absolute Gasteiger partial charge is 0.305 e. The molecule has 0 atom stereocenters. The molecular weight excluding hydrogens is 307 g/mol. The summed E-state index contributed by atoms with van der Waals surface area (Å²) in [7, 11) is 1.39. The van der Waals surface area contributed by atoms with Gasteiger partial charge in [0.15, 0.2) is 0 Å². The van der Waals surface area contributed by atoms with Crippen LogP contribution in [0.5, 0.6) is 5.75 Å². The summed E-state index contributed by atoms with van der Waals surface area (Å²) < 4.78 is 5.39. The van der Waals surface area contributed by atoms with E-state index in [0.717, 1.165) is 22.0 Å². The highest BCUT2D eigenvalue weighted by molar-refractivity contribution is 14.1. The van der Waals surface area contributed by atoms with Crippen LogP contribution in [0.15, 0.2) is 18.2 Å². The average Bonchev–Trinajstić information content (AvgIpc) is 2.23. The van der Waals surface area contributed by atoms with Gasteiger partial charge in [-0.1, -0.05) is 6.07 Å². The van der Waals surface area contributed by atoms with Gasteiger partial charge < -0.3 is 9.84 Å². The van der Waals surface area contributed by atoms with Crippen LogP contribution in [0.25, 0.3) is 0 Å². The summed E-state index contributed by atoms with van der Waals surface area (Å²) in [6.07, 6.45) is 2.03. The van der Waals surface area contributed by atoms with Crippen molar-refractivity contribution in [3.63, 3.8) is 0 Å². The molecule has 0 aliphatic carbocycles. The van der Waals surface area contributed by atoms with E-state index in [9.17, 15) is 9.90 Å². The molecule has 0 amide bonds. The number of hydrogen-bond donors (Lipinski definition) is 1. The van der Waals surface area contributed by atoms with Crippen molar-refractivity contribution in [2.24, 2.45) is 0 Å². The topological polar surface area (TPSA) is 46.5 Å². The molecule has 0 aliphatic rings. The summed E-state index contributed by atoms with van der Waals surface area (Å²) in [6, 6.07) is 5.47. The lowest BCUT2D eigenvalue weighted by Crippen LogP contribution is -2.00. The predicted octanol–water partition coefficient (Wildman–Crippen LogP) is 2.49. The molecule has 1 N–H and O–H groups in total. The maximum absolute atomic E-state index is 10.9. The van der Waals surface area contributed by atoms with E-state index in [1.165, 1.54) is 7.11 Å². The minimum atomic E-state index is -0.177. The summed E-state index contributed by atoms with van der Waals surface area (Å²) in [4.78, 5) is 10.9. The van der Waals surface area contributed by atoms with E-state index >= 15 is 0 Å². The minimum absolute atomic E-state index is 0.177. The highest BCUT2D eigenvalue weighted by Crippen LogP contribution is 2.21. The number of rotatable bonds is 4. The zero-order valence-electron chi connectivity index (χ0n) is 8.50. The van der Waals surface area contributed by atoms with Crippen molar-refractivity contribution >= 4 is 28.6 Å². The Morgan fingerprint density at radius 2 is 2.27 bits per heavy atom. The van der Waals surface area contributed by atoms with Crippen LogP contribution in [0.2, 0.25) is 0 Å². The first-order valence-corrected chi connectivity index (χ1v) is 5.75. The summed E-state index contributed by atoms with van der Waals surface area (Å²) in [5, 5.41) is 9.31. The van der Waals surface area contributed by atoms with Gasteiger partial charge in [0.1, 0.15) is 5.75 Å². The van der Waals surface area contributed by atoms with E-state index in [-0.39, 0.29) is 5.97 Å². The fourth-order valence-electron chi connectivity index (χ4n) is 1.24. The number of phenols is 1. The maximum Gasteiger partial charge on any atom is 0.305 e.